The van der Waals surface area contributed by atoms with Crippen molar-refractivity contribution in [3.63, 3.8) is 0 Å². The molecular formula is C24H28N4O3. The van der Waals surface area contributed by atoms with E-state index in [1.54, 1.807) is 0 Å². The lowest BCUT2D eigenvalue weighted by Crippen LogP contribution is -2.33. The van der Waals surface area contributed by atoms with Gasteiger partial charge in [0.05, 0.1) is 23.8 Å². The highest BCUT2D eigenvalue weighted by Gasteiger charge is 2.28. The summed E-state index contributed by atoms with van der Waals surface area (Å²) >= 11 is 0. The molecule has 2 aliphatic rings. The van der Waals surface area contributed by atoms with Crippen LogP contribution in [0.25, 0.3) is 22.3 Å². The van der Waals surface area contributed by atoms with E-state index in [2.05, 4.69) is 26.3 Å². The normalized spacial score (nSPS) is 20.9. The summed E-state index contributed by atoms with van der Waals surface area (Å²) in [5.41, 5.74) is 5.38. The lowest BCUT2D eigenvalue weighted by atomic mass is 10.1. The van der Waals surface area contributed by atoms with E-state index >= 15 is 0 Å². The maximum Gasteiger partial charge on any atom is 0.255 e. The van der Waals surface area contributed by atoms with Gasteiger partial charge >= 0.3 is 0 Å². The van der Waals surface area contributed by atoms with Crippen LogP contribution in [0.1, 0.15) is 53.7 Å². The third-order valence-corrected chi connectivity index (χ3v) is 6.30. The SMILES string of the molecule is Cc1ccc(OCC2CC2)c(-c2ncnc3c(C(=O)N[C@@H]4CC[C@@H](O)C4)c(C)[nH]c23)c1. The monoisotopic (exact) mass is 420 g/mol. The third kappa shape index (κ3) is 4.02. The maximum atomic E-state index is 13.1. The number of carbonyl (C=O) groups is 1. The summed E-state index contributed by atoms with van der Waals surface area (Å²) in [5, 5.41) is 12.8. The highest BCUT2D eigenvalue weighted by atomic mass is 16.5. The molecule has 5 rings (SSSR count). The van der Waals surface area contributed by atoms with Gasteiger partial charge in [-0.25, -0.2) is 9.97 Å². The Labute approximate surface area is 181 Å². The molecule has 1 aromatic carbocycles. The topological polar surface area (TPSA) is 100 Å². The molecule has 31 heavy (non-hydrogen) atoms. The highest BCUT2D eigenvalue weighted by Crippen LogP contribution is 2.37. The molecule has 7 nitrogen and oxygen atoms in total. The van der Waals surface area contributed by atoms with Crippen molar-refractivity contribution in [3.05, 3.63) is 41.3 Å². The van der Waals surface area contributed by atoms with Gasteiger partial charge in [-0.2, -0.15) is 0 Å². The predicted molar refractivity (Wildman–Crippen MR) is 118 cm³/mol. The first kappa shape index (κ1) is 20.0. The van der Waals surface area contributed by atoms with Gasteiger partial charge in [0, 0.05) is 17.3 Å². The van der Waals surface area contributed by atoms with E-state index in [-0.39, 0.29) is 18.1 Å². The molecule has 2 atom stereocenters. The van der Waals surface area contributed by atoms with Gasteiger partial charge < -0.3 is 20.1 Å². The van der Waals surface area contributed by atoms with E-state index in [0.717, 1.165) is 53.2 Å². The third-order valence-electron chi connectivity index (χ3n) is 6.30. The molecule has 2 heterocycles. The van der Waals surface area contributed by atoms with E-state index in [9.17, 15) is 9.90 Å². The fraction of sp³-hybridized carbons (Fsp3) is 0.458. The van der Waals surface area contributed by atoms with E-state index in [1.807, 2.05) is 26.0 Å². The minimum absolute atomic E-state index is 0.00708. The average Bonchev–Trinajstić information content (AvgIpc) is 3.38. The van der Waals surface area contributed by atoms with Crippen molar-refractivity contribution < 1.29 is 14.6 Å². The highest BCUT2D eigenvalue weighted by molar-refractivity contribution is 6.09. The minimum atomic E-state index is -0.335. The van der Waals surface area contributed by atoms with Crippen LogP contribution in [0.3, 0.4) is 0 Å². The van der Waals surface area contributed by atoms with Crippen molar-refractivity contribution in [2.75, 3.05) is 6.61 Å². The number of aliphatic hydroxyl groups is 1. The zero-order valence-corrected chi connectivity index (χ0v) is 17.9. The number of hydrogen-bond donors (Lipinski definition) is 3. The number of nitrogens with zero attached hydrogens (tertiary/aromatic N) is 2. The molecule has 2 aromatic heterocycles. The summed E-state index contributed by atoms with van der Waals surface area (Å²) in [6.07, 6.45) is 5.74. The molecule has 0 aliphatic heterocycles. The van der Waals surface area contributed by atoms with Crippen molar-refractivity contribution in [3.8, 4) is 17.0 Å². The van der Waals surface area contributed by atoms with Gasteiger partial charge in [-0.05, 0) is 64.0 Å². The molecular weight excluding hydrogens is 392 g/mol. The number of aliphatic hydroxyl groups excluding tert-OH is 1. The standard InChI is InChI=1S/C24H28N4O3/c1-13-3-8-19(31-11-15-4-5-15)18(9-13)21-23-22(26-12-25-21)20(14(2)27-23)24(30)28-16-6-7-17(29)10-16/h3,8-9,12,15-17,27,29H,4-7,10-11H2,1-2H3,(H,28,30)/t16-,17-/m1/s1. The Morgan fingerprint density at radius 3 is 2.81 bits per heavy atom. The number of aromatic amines is 1. The first-order valence-corrected chi connectivity index (χ1v) is 11.1. The molecule has 3 aromatic rings. The first-order chi connectivity index (χ1) is 15.0. The van der Waals surface area contributed by atoms with Crippen LogP contribution < -0.4 is 10.1 Å². The summed E-state index contributed by atoms with van der Waals surface area (Å²) < 4.78 is 6.13. The van der Waals surface area contributed by atoms with Gasteiger partial charge in [-0.15, -0.1) is 0 Å². The van der Waals surface area contributed by atoms with E-state index in [4.69, 9.17) is 4.74 Å². The van der Waals surface area contributed by atoms with Crippen molar-refractivity contribution in [1.29, 1.82) is 0 Å². The summed E-state index contributed by atoms with van der Waals surface area (Å²) in [7, 11) is 0. The summed E-state index contributed by atoms with van der Waals surface area (Å²) in [5.74, 6) is 1.29. The number of amides is 1. The van der Waals surface area contributed by atoms with Crippen LogP contribution in [-0.2, 0) is 0 Å². The quantitative estimate of drug-likeness (QED) is 0.565. The van der Waals surface area contributed by atoms with Crippen LogP contribution in [0.4, 0.5) is 0 Å². The minimum Gasteiger partial charge on any atom is -0.493 e. The molecule has 7 heteroatoms. The summed E-state index contributed by atoms with van der Waals surface area (Å²) in [4.78, 5) is 25.4. The summed E-state index contributed by atoms with van der Waals surface area (Å²) in [6.45, 7) is 4.64. The Balaban J connectivity index is 1.52. The number of benzene rings is 1. The van der Waals surface area contributed by atoms with Gasteiger partial charge in [0.25, 0.3) is 5.91 Å². The molecule has 0 saturated heterocycles. The lowest BCUT2D eigenvalue weighted by molar-refractivity contribution is 0.0935. The fourth-order valence-electron chi connectivity index (χ4n) is 4.40. The zero-order chi connectivity index (χ0) is 21.5. The molecule has 2 fully saturated rings. The summed E-state index contributed by atoms with van der Waals surface area (Å²) in [6, 6.07) is 6.10. The van der Waals surface area contributed by atoms with Gasteiger partial charge in [0.15, 0.2) is 0 Å². The number of aryl methyl sites for hydroxylation is 2. The number of nitrogens with one attached hydrogen (secondary N) is 2. The Bertz CT molecular complexity index is 1140. The van der Waals surface area contributed by atoms with Gasteiger partial charge in [0.2, 0.25) is 0 Å². The number of carbonyl (C=O) groups excluding carboxylic acids is 1. The van der Waals surface area contributed by atoms with Crippen molar-refractivity contribution in [1.82, 2.24) is 20.3 Å². The van der Waals surface area contributed by atoms with Crippen LogP contribution in [-0.4, -0.2) is 44.7 Å². The molecule has 0 spiro atoms. The lowest BCUT2D eigenvalue weighted by Gasteiger charge is -2.13. The number of fused-ring (bicyclic) bond motifs is 1. The molecule has 0 bridgehead atoms. The second-order valence-corrected chi connectivity index (χ2v) is 8.96. The van der Waals surface area contributed by atoms with Crippen LogP contribution in [0.2, 0.25) is 0 Å². The van der Waals surface area contributed by atoms with Gasteiger partial charge in [0.1, 0.15) is 23.3 Å². The predicted octanol–water partition coefficient (Wildman–Crippen LogP) is 3.67. The van der Waals surface area contributed by atoms with Crippen molar-refractivity contribution in [2.24, 2.45) is 5.92 Å². The van der Waals surface area contributed by atoms with Crippen LogP contribution in [0.15, 0.2) is 24.5 Å². The molecule has 0 radical (unpaired) electrons. The van der Waals surface area contributed by atoms with E-state index < -0.39 is 0 Å². The number of aromatic nitrogens is 3. The van der Waals surface area contributed by atoms with Crippen LogP contribution in [0, 0.1) is 19.8 Å². The molecule has 1 amide bonds. The number of hydrogen-bond acceptors (Lipinski definition) is 5. The smallest absolute Gasteiger partial charge is 0.255 e. The Morgan fingerprint density at radius 2 is 2.06 bits per heavy atom. The fourth-order valence-corrected chi connectivity index (χ4v) is 4.40. The van der Waals surface area contributed by atoms with Crippen LogP contribution in [0.5, 0.6) is 5.75 Å². The Hall–Kier alpha value is -2.93. The van der Waals surface area contributed by atoms with E-state index in [1.165, 1.54) is 19.2 Å². The van der Waals surface area contributed by atoms with Crippen molar-refractivity contribution >= 4 is 16.9 Å². The second-order valence-electron chi connectivity index (χ2n) is 8.96. The molecule has 2 aliphatic carbocycles. The first-order valence-electron chi connectivity index (χ1n) is 11.1. The molecule has 3 N–H and O–H groups in total. The van der Waals surface area contributed by atoms with E-state index in [0.29, 0.717) is 23.4 Å². The molecule has 0 unspecified atom stereocenters. The zero-order valence-electron chi connectivity index (χ0n) is 17.9. The average molecular weight is 421 g/mol. The van der Waals surface area contributed by atoms with Crippen LogP contribution >= 0.6 is 0 Å². The number of ether oxygens (including phenoxy) is 1. The largest absolute Gasteiger partial charge is 0.493 e. The molecule has 162 valence electrons. The molecule has 2 saturated carbocycles. The number of rotatable bonds is 6. The number of H-pyrrole nitrogens is 1. The Morgan fingerprint density at radius 1 is 1.23 bits per heavy atom. The van der Waals surface area contributed by atoms with Crippen molar-refractivity contribution in [2.45, 2.75) is 58.1 Å². The van der Waals surface area contributed by atoms with Gasteiger partial charge in [-0.1, -0.05) is 11.6 Å². The van der Waals surface area contributed by atoms with Gasteiger partial charge in [-0.3, -0.25) is 4.79 Å². The Kier molecular flexibility index (Phi) is 5.14. The maximum absolute atomic E-state index is 13.1. The second kappa shape index (κ2) is 7.96.